The van der Waals surface area contributed by atoms with Gasteiger partial charge in [-0.1, -0.05) is 0 Å². The van der Waals surface area contributed by atoms with Crippen molar-refractivity contribution in [3.63, 3.8) is 0 Å². The molecule has 1 saturated heterocycles. The number of alkyl halides is 1. The van der Waals surface area contributed by atoms with Crippen molar-refractivity contribution in [2.45, 2.75) is 23.7 Å². The molecule has 0 saturated carbocycles. The average molecular weight is 508 g/mol. The van der Waals surface area contributed by atoms with E-state index in [0.717, 1.165) is 46.8 Å². The van der Waals surface area contributed by atoms with Crippen LogP contribution in [0.2, 0.25) is 5.02 Å². The second-order valence-electron chi connectivity index (χ2n) is 6.68. The monoisotopic (exact) mass is 507 g/mol. The number of halogens is 2. The summed E-state index contributed by atoms with van der Waals surface area (Å²) in [6, 6.07) is 7.86. The number of ether oxygens (including phenoxy) is 1. The standard InChI is InChI=1S/C19H18BClIN4O2/c1-11(27)28-19-24-16-8-14(15(21)9-17(16)25-19)12-2-3-18(23-10-12)26-6-4-13(22-20)5-7-26/h2-3,8-10,13H,4-7H2,1H3,(H,24,25)/q-1. The van der Waals surface area contributed by atoms with Gasteiger partial charge in [0.1, 0.15) is 0 Å². The Hall–Kier alpha value is -1.81. The number of piperidine rings is 1. The molecule has 1 N–H and O–H groups in total. The number of imidazole rings is 1. The maximum absolute atomic E-state index is 11.1. The molecule has 144 valence electrons. The first-order chi connectivity index (χ1) is 13.5. The molecule has 1 aliphatic rings. The number of aromatic amines is 1. The number of hydrogen-bond donors (Lipinski definition) is 1. The van der Waals surface area contributed by atoms with Crippen molar-refractivity contribution >= 4 is 40.1 Å². The maximum atomic E-state index is 11.1. The summed E-state index contributed by atoms with van der Waals surface area (Å²) < 4.78 is 5.74. The third-order valence-corrected chi connectivity index (χ3v) is 7.35. The molecule has 1 fully saturated rings. The fourth-order valence-corrected chi connectivity index (χ4v) is 4.90. The SMILES string of the molecule is [B][I-]C1CCN(c2ccc(-c3cc4nc(OC(C)=O)[nH]c4cc3Cl)cn2)CC1. The number of aromatic nitrogens is 3. The number of H-pyrrole nitrogens is 1. The molecule has 28 heavy (non-hydrogen) atoms. The molecule has 3 aromatic rings. The van der Waals surface area contributed by atoms with Crippen LogP contribution in [0.5, 0.6) is 6.01 Å². The number of benzene rings is 1. The molecule has 2 radical (unpaired) electrons. The van der Waals surface area contributed by atoms with Crippen molar-refractivity contribution in [2.75, 3.05) is 18.0 Å². The van der Waals surface area contributed by atoms with E-state index in [4.69, 9.17) is 22.0 Å². The summed E-state index contributed by atoms with van der Waals surface area (Å²) in [6.45, 7) is 3.35. The van der Waals surface area contributed by atoms with E-state index in [1.165, 1.54) is 6.92 Å². The minimum absolute atomic E-state index is 0.160. The van der Waals surface area contributed by atoms with Gasteiger partial charge in [0.25, 0.3) is 0 Å². The van der Waals surface area contributed by atoms with E-state index in [0.29, 0.717) is 16.1 Å². The fourth-order valence-electron chi connectivity index (χ4n) is 3.35. The van der Waals surface area contributed by atoms with E-state index in [1.54, 1.807) is 6.07 Å². The molecule has 1 aliphatic heterocycles. The predicted octanol–water partition coefficient (Wildman–Crippen LogP) is 0.345. The molecular weight excluding hydrogens is 489 g/mol. The van der Waals surface area contributed by atoms with Gasteiger partial charge in [0, 0.05) is 6.92 Å². The molecule has 0 amide bonds. The summed E-state index contributed by atoms with van der Waals surface area (Å²) in [5, 5.41) is 0.577. The average Bonchev–Trinajstić information content (AvgIpc) is 3.07. The van der Waals surface area contributed by atoms with Crippen LogP contribution in [0.4, 0.5) is 5.82 Å². The predicted molar refractivity (Wildman–Crippen MR) is 107 cm³/mol. The zero-order chi connectivity index (χ0) is 19.7. The normalized spacial score (nSPS) is 15.3. The van der Waals surface area contributed by atoms with Crippen molar-refractivity contribution in [1.29, 1.82) is 0 Å². The Kier molecular flexibility index (Phi) is 5.77. The Balaban J connectivity index is 1.57. The zero-order valence-electron chi connectivity index (χ0n) is 15.3. The minimum atomic E-state index is -0.428. The number of rotatable bonds is 4. The van der Waals surface area contributed by atoms with E-state index < -0.39 is 5.97 Å². The molecule has 0 atom stereocenters. The van der Waals surface area contributed by atoms with Crippen molar-refractivity contribution in [1.82, 2.24) is 15.0 Å². The molecule has 9 heteroatoms. The van der Waals surface area contributed by atoms with Crippen LogP contribution in [0.3, 0.4) is 0 Å². The number of anilines is 1. The van der Waals surface area contributed by atoms with Crippen LogP contribution in [-0.4, -0.2) is 43.6 Å². The Morgan fingerprint density at radius 2 is 2.14 bits per heavy atom. The summed E-state index contributed by atoms with van der Waals surface area (Å²) in [5.41, 5.74) is 9.01. The number of hydrogen-bond acceptors (Lipinski definition) is 5. The van der Waals surface area contributed by atoms with Gasteiger partial charge in [0.15, 0.2) is 0 Å². The second-order valence-corrected chi connectivity index (χ2v) is 9.57. The van der Waals surface area contributed by atoms with E-state index in [1.807, 2.05) is 24.4 Å². The first-order valence-electron chi connectivity index (χ1n) is 8.94. The third kappa shape index (κ3) is 4.12. The van der Waals surface area contributed by atoms with Crippen LogP contribution in [0.1, 0.15) is 19.8 Å². The van der Waals surface area contributed by atoms with E-state index in [9.17, 15) is 4.79 Å². The van der Waals surface area contributed by atoms with Gasteiger partial charge in [0.2, 0.25) is 0 Å². The van der Waals surface area contributed by atoms with Crippen molar-refractivity contribution in [3.05, 3.63) is 35.5 Å². The first-order valence-corrected chi connectivity index (χ1v) is 11.8. The number of pyridine rings is 1. The number of esters is 1. The Bertz CT molecular complexity index is 1000. The molecule has 2 aromatic heterocycles. The van der Waals surface area contributed by atoms with Crippen LogP contribution in [0.15, 0.2) is 30.5 Å². The molecule has 0 aliphatic carbocycles. The van der Waals surface area contributed by atoms with Gasteiger partial charge < -0.3 is 9.72 Å². The molecular formula is C19H18BClIN4O2-. The molecule has 0 spiro atoms. The Labute approximate surface area is 179 Å². The zero-order valence-corrected chi connectivity index (χ0v) is 18.2. The van der Waals surface area contributed by atoms with E-state index in [2.05, 4.69) is 19.9 Å². The second kappa shape index (κ2) is 8.28. The van der Waals surface area contributed by atoms with Crippen molar-refractivity contribution < 1.29 is 30.5 Å². The van der Waals surface area contributed by atoms with Crippen LogP contribution < -0.4 is 30.6 Å². The first kappa shape index (κ1) is 19.5. The number of fused-ring (bicyclic) bond motifs is 1. The molecule has 1 aromatic carbocycles. The van der Waals surface area contributed by atoms with Crippen LogP contribution in [0.25, 0.3) is 22.2 Å². The van der Waals surface area contributed by atoms with Crippen molar-refractivity contribution in [3.8, 4) is 17.1 Å². The topological polar surface area (TPSA) is 71.1 Å². The molecule has 0 unspecified atom stereocenters. The Morgan fingerprint density at radius 1 is 1.36 bits per heavy atom. The Morgan fingerprint density at radius 3 is 2.79 bits per heavy atom. The number of carbonyl (C=O) groups is 1. The van der Waals surface area contributed by atoms with Gasteiger partial charge in [-0.3, -0.25) is 4.79 Å². The summed E-state index contributed by atoms with van der Waals surface area (Å²) in [5.74, 6) is 0.550. The molecule has 4 rings (SSSR count). The van der Waals surface area contributed by atoms with Gasteiger partial charge in [0.05, 0.1) is 0 Å². The number of carbonyl (C=O) groups excluding carboxylic acids is 1. The van der Waals surface area contributed by atoms with Gasteiger partial charge in [-0.05, 0) is 0 Å². The summed E-state index contributed by atoms with van der Waals surface area (Å²) in [6.07, 6.45) is 4.14. The number of nitrogens with one attached hydrogen (secondary N) is 1. The summed E-state index contributed by atoms with van der Waals surface area (Å²) in [4.78, 5) is 25.3. The van der Waals surface area contributed by atoms with Gasteiger partial charge in [-0.2, -0.15) is 0 Å². The van der Waals surface area contributed by atoms with Gasteiger partial charge in [-0.25, -0.2) is 0 Å². The summed E-state index contributed by atoms with van der Waals surface area (Å²) in [7, 11) is 0. The van der Waals surface area contributed by atoms with Crippen LogP contribution in [-0.2, 0) is 4.79 Å². The quantitative estimate of drug-likeness (QED) is 0.239. The molecule has 6 nitrogen and oxygen atoms in total. The van der Waals surface area contributed by atoms with Crippen LogP contribution in [0, 0.1) is 0 Å². The molecule has 0 bridgehead atoms. The van der Waals surface area contributed by atoms with Gasteiger partial charge >= 0.3 is 158 Å². The fraction of sp³-hybridized carbons (Fsp3) is 0.316. The number of nitrogens with zero attached hydrogens (tertiary/aromatic N) is 3. The van der Waals surface area contributed by atoms with E-state index >= 15 is 0 Å². The van der Waals surface area contributed by atoms with Gasteiger partial charge in [-0.15, -0.1) is 0 Å². The van der Waals surface area contributed by atoms with Crippen molar-refractivity contribution in [2.24, 2.45) is 0 Å². The summed E-state index contributed by atoms with van der Waals surface area (Å²) >= 11 is 6.31. The third-order valence-electron chi connectivity index (χ3n) is 4.77. The van der Waals surface area contributed by atoms with E-state index in [-0.39, 0.29) is 27.0 Å². The van der Waals surface area contributed by atoms with Crippen LogP contribution >= 0.6 is 11.6 Å². The molecule has 3 heterocycles.